The Morgan fingerprint density at radius 3 is 1.97 bits per heavy atom. The molecule has 4 aromatic rings. The first-order chi connectivity index (χ1) is 17.7. The molecule has 7 nitrogen and oxygen atoms in total. The SMILES string of the molecule is O=C(N[C@@H](C(=O)NCc1ccncc1)c1ccc(OCc2ccccc2)cc1)OCc1ccccc1. The molecule has 0 aliphatic rings. The summed E-state index contributed by atoms with van der Waals surface area (Å²) in [5.41, 5.74) is 3.41. The number of carbonyl (C=O) groups excluding carboxylic acids is 2. The van der Waals surface area contributed by atoms with Crippen LogP contribution in [0.5, 0.6) is 5.75 Å². The molecule has 1 heterocycles. The number of alkyl carbamates (subject to hydrolysis) is 1. The van der Waals surface area contributed by atoms with E-state index in [4.69, 9.17) is 9.47 Å². The molecule has 7 heteroatoms. The first-order valence-corrected chi connectivity index (χ1v) is 11.6. The minimum atomic E-state index is -0.946. The fourth-order valence-corrected chi connectivity index (χ4v) is 3.47. The summed E-state index contributed by atoms with van der Waals surface area (Å²) in [6.45, 7) is 0.835. The van der Waals surface area contributed by atoms with Gasteiger partial charge in [0, 0.05) is 18.9 Å². The van der Waals surface area contributed by atoms with Crippen LogP contribution in [0.25, 0.3) is 0 Å². The average molecular weight is 482 g/mol. The van der Waals surface area contributed by atoms with Gasteiger partial charge in [-0.15, -0.1) is 0 Å². The molecule has 3 aromatic carbocycles. The maximum atomic E-state index is 13.1. The molecule has 0 unspecified atom stereocenters. The molecule has 0 aliphatic heterocycles. The Hall–Kier alpha value is -4.65. The normalized spacial score (nSPS) is 11.2. The highest BCUT2D eigenvalue weighted by atomic mass is 16.5. The van der Waals surface area contributed by atoms with Crippen LogP contribution in [0.4, 0.5) is 4.79 Å². The highest BCUT2D eigenvalue weighted by Crippen LogP contribution is 2.20. The van der Waals surface area contributed by atoms with Crippen LogP contribution in [0.2, 0.25) is 0 Å². The Balaban J connectivity index is 1.42. The zero-order valence-corrected chi connectivity index (χ0v) is 19.7. The number of hydrogen-bond acceptors (Lipinski definition) is 5. The summed E-state index contributed by atoms with van der Waals surface area (Å²) < 4.78 is 11.2. The van der Waals surface area contributed by atoms with Crippen LogP contribution in [0.15, 0.2) is 109 Å². The summed E-state index contributed by atoms with van der Waals surface area (Å²) >= 11 is 0. The summed E-state index contributed by atoms with van der Waals surface area (Å²) in [4.78, 5) is 29.6. The number of rotatable bonds is 10. The largest absolute Gasteiger partial charge is 0.489 e. The zero-order valence-electron chi connectivity index (χ0n) is 19.7. The van der Waals surface area contributed by atoms with Crippen LogP contribution < -0.4 is 15.4 Å². The minimum absolute atomic E-state index is 0.101. The number of aromatic nitrogens is 1. The Kier molecular flexibility index (Phi) is 8.64. The van der Waals surface area contributed by atoms with Crippen LogP contribution in [0, 0.1) is 0 Å². The summed E-state index contributed by atoms with van der Waals surface area (Å²) in [6, 6.07) is 28.9. The molecular weight excluding hydrogens is 454 g/mol. The van der Waals surface area contributed by atoms with Crippen molar-refractivity contribution in [1.29, 1.82) is 0 Å². The van der Waals surface area contributed by atoms with Crippen molar-refractivity contribution >= 4 is 12.0 Å². The van der Waals surface area contributed by atoms with E-state index in [-0.39, 0.29) is 12.5 Å². The van der Waals surface area contributed by atoms with Crippen molar-refractivity contribution in [3.05, 3.63) is 132 Å². The van der Waals surface area contributed by atoms with E-state index in [0.717, 1.165) is 16.7 Å². The second kappa shape index (κ2) is 12.7. The van der Waals surface area contributed by atoms with Gasteiger partial charge in [-0.2, -0.15) is 0 Å². The lowest BCUT2D eigenvalue weighted by Gasteiger charge is -2.19. The summed E-state index contributed by atoms with van der Waals surface area (Å²) in [6.07, 6.45) is 2.63. The van der Waals surface area contributed by atoms with Crippen molar-refractivity contribution in [2.24, 2.45) is 0 Å². The molecule has 1 atom stereocenters. The van der Waals surface area contributed by atoms with E-state index in [2.05, 4.69) is 15.6 Å². The van der Waals surface area contributed by atoms with Gasteiger partial charge in [0.25, 0.3) is 0 Å². The Labute approximate surface area is 210 Å². The smallest absolute Gasteiger partial charge is 0.408 e. The highest BCUT2D eigenvalue weighted by Gasteiger charge is 2.23. The number of ether oxygens (including phenoxy) is 2. The van der Waals surface area contributed by atoms with Gasteiger partial charge in [0.05, 0.1) is 0 Å². The molecule has 2 N–H and O–H groups in total. The molecule has 4 rings (SSSR count). The molecule has 0 fully saturated rings. The number of pyridine rings is 1. The molecule has 182 valence electrons. The topological polar surface area (TPSA) is 89.6 Å². The van der Waals surface area contributed by atoms with Crippen LogP contribution in [0.3, 0.4) is 0 Å². The van der Waals surface area contributed by atoms with Crippen molar-refractivity contribution in [2.75, 3.05) is 0 Å². The van der Waals surface area contributed by atoms with Crippen LogP contribution >= 0.6 is 0 Å². The van der Waals surface area contributed by atoms with Crippen LogP contribution in [-0.2, 0) is 29.3 Å². The number of carbonyl (C=O) groups is 2. The van der Waals surface area contributed by atoms with Gasteiger partial charge < -0.3 is 20.1 Å². The van der Waals surface area contributed by atoms with Gasteiger partial charge in [-0.3, -0.25) is 9.78 Å². The first-order valence-electron chi connectivity index (χ1n) is 11.6. The quantitative estimate of drug-likeness (QED) is 0.335. The maximum Gasteiger partial charge on any atom is 0.408 e. The molecule has 0 saturated carbocycles. The van der Waals surface area contributed by atoms with E-state index in [0.29, 0.717) is 24.5 Å². The van der Waals surface area contributed by atoms with Crippen LogP contribution in [0.1, 0.15) is 28.3 Å². The van der Waals surface area contributed by atoms with Gasteiger partial charge in [0.15, 0.2) is 0 Å². The second-order valence-electron chi connectivity index (χ2n) is 8.06. The van der Waals surface area contributed by atoms with E-state index in [1.807, 2.05) is 72.8 Å². The maximum absolute atomic E-state index is 13.1. The van der Waals surface area contributed by atoms with Gasteiger partial charge in [-0.25, -0.2) is 4.79 Å². The van der Waals surface area contributed by atoms with Gasteiger partial charge in [-0.05, 0) is 46.5 Å². The van der Waals surface area contributed by atoms with Gasteiger partial charge in [-0.1, -0.05) is 72.8 Å². The third-order valence-electron chi connectivity index (χ3n) is 5.41. The van der Waals surface area contributed by atoms with Gasteiger partial charge in [0.2, 0.25) is 5.91 Å². The molecular formula is C29H27N3O4. The van der Waals surface area contributed by atoms with E-state index < -0.39 is 12.1 Å². The molecule has 0 spiro atoms. The second-order valence-corrected chi connectivity index (χ2v) is 8.06. The molecule has 1 aromatic heterocycles. The van der Waals surface area contributed by atoms with E-state index in [1.54, 1.807) is 36.7 Å². The van der Waals surface area contributed by atoms with Crippen molar-refractivity contribution in [3.8, 4) is 5.75 Å². The van der Waals surface area contributed by atoms with Gasteiger partial charge >= 0.3 is 6.09 Å². The van der Waals surface area contributed by atoms with Gasteiger partial charge in [0.1, 0.15) is 25.0 Å². The van der Waals surface area contributed by atoms with Crippen molar-refractivity contribution in [1.82, 2.24) is 15.6 Å². The minimum Gasteiger partial charge on any atom is -0.489 e. The predicted molar refractivity (Wildman–Crippen MR) is 136 cm³/mol. The molecule has 36 heavy (non-hydrogen) atoms. The standard InChI is InChI=1S/C29H27N3O4/c33-28(31-19-22-15-17-30-18-16-22)27(32-29(34)36-21-24-9-5-2-6-10-24)25-11-13-26(14-12-25)35-20-23-7-3-1-4-8-23/h1-18,27H,19-21H2,(H,31,33)(H,32,34)/t27-/m1/s1. The fourth-order valence-electron chi connectivity index (χ4n) is 3.47. The van der Waals surface area contributed by atoms with Crippen molar-refractivity contribution in [3.63, 3.8) is 0 Å². The summed E-state index contributed by atoms with van der Waals surface area (Å²) in [5.74, 6) is 0.298. The monoisotopic (exact) mass is 481 g/mol. The zero-order chi connectivity index (χ0) is 25.0. The number of amides is 2. The van der Waals surface area contributed by atoms with E-state index in [9.17, 15) is 9.59 Å². The number of nitrogens with one attached hydrogen (secondary N) is 2. The molecule has 0 saturated heterocycles. The Morgan fingerprint density at radius 1 is 0.722 bits per heavy atom. The average Bonchev–Trinajstić information content (AvgIpc) is 2.94. The predicted octanol–water partition coefficient (Wildman–Crippen LogP) is 4.94. The molecule has 2 amide bonds. The van der Waals surface area contributed by atoms with Crippen molar-refractivity contribution < 1.29 is 19.1 Å². The van der Waals surface area contributed by atoms with Crippen molar-refractivity contribution in [2.45, 2.75) is 25.8 Å². The molecule has 0 bridgehead atoms. The number of nitrogens with zero attached hydrogens (tertiary/aromatic N) is 1. The number of benzene rings is 3. The third kappa shape index (κ3) is 7.43. The Morgan fingerprint density at radius 2 is 1.33 bits per heavy atom. The number of hydrogen-bond donors (Lipinski definition) is 2. The Bertz CT molecular complexity index is 1230. The molecule has 0 aliphatic carbocycles. The summed E-state index contributed by atoms with van der Waals surface area (Å²) in [5, 5.41) is 5.56. The third-order valence-corrected chi connectivity index (χ3v) is 5.41. The molecule has 0 radical (unpaired) electrons. The highest BCUT2D eigenvalue weighted by molar-refractivity contribution is 5.86. The van der Waals surface area contributed by atoms with Crippen LogP contribution in [-0.4, -0.2) is 17.0 Å². The lowest BCUT2D eigenvalue weighted by atomic mass is 10.1. The van der Waals surface area contributed by atoms with E-state index >= 15 is 0 Å². The summed E-state index contributed by atoms with van der Waals surface area (Å²) in [7, 11) is 0. The lowest BCUT2D eigenvalue weighted by molar-refractivity contribution is -0.123. The fraction of sp³-hybridized carbons (Fsp3) is 0.138. The van der Waals surface area contributed by atoms with E-state index in [1.165, 1.54) is 0 Å². The lowest BCUT2D eigenvalue weighted by Crippen LogP contribution is -2.40. The first kappa shape index (κ1) is 24.5.